The van der Waals surface area contributed by atoms with Crippen LogP contribution in [0.15, 0.2) is 22.7 Å². The molecule has 0 N–H and O–H groups in total. The van der Waals surface area contributed by atoms with Gasteiger partial charge in [-0.2, -0.15) is 5.26 Å². The van der Waals surface area contributed by atoms with Crippen molar-refractivity contribution in [2.75, 3.05) is 37.6 Å². The summed E-state index contributed by atoms with van der Waals surface area (Å²) in [5.41, 5.74) is 1.88. The van der Waals surface area contributed by atoms with Crippen LogP contribution in [0.3, 0.4) is 0 Å². The Morgan fingerprint density at radius 1 is 1.14 bits per heavy atom. The highest BCUT2D eigenvalue weighted by Gasteiger charge is 2.24. The van der Waals surface area contributed by atoms with E-state index in [1.807, 2.05) is 12.1 Å². The fourth-order valence-electron chi connectivity index (χ4n) is 3.56. The second-order valence-electron chi connectivity index (χ2n) is 6.21. The Hall–Kier alpha value is -1.05. The van der Waals surface area contributed by atoms with Crippen LogP contribution in [-0.2, 0) is 0 Å². The van der Waals surface area contributed by atoms with E-state index in [-0.39, 0.29) is 0 Å². The zero-order chi connectivity index (χ0) is 14.7. The monoisotopic (exact) mass is 347 g/mol. The van der Waals surface area contributed by atoms with Crippen LogP contribution in [0.25, 0.3) is 0 Å². The lowest BCUT2D eigenvalue weighted by atomic mass is 9.95. The lowest BCUT2D eigenvalue weighted by Crippen LogP contribution is -2.38. The molecule has 0 spiro atoms. The lowest BCUT2D eigenvalue weighted by Gasteiger charge is -2.35. The molecule has 21 heavy (non-hydrogen) atoms. The number of anilines is 1. The topological polar surface area (TPSA) is 30.3 Å². The maximum atomic E-state index is 9.31. The van der Waals surface area contributed by atoms with Gasteiger partial charge < -0.3 is 9.80 Å². The van der Waals surface area contributed by atoms with Crippen molar-refractivity contribution in [3.05, 3.63) is 28.2 Å². The van der Waals surface area contributed by atoms with E-state index in [2.05, 4.69) is 37.9 Å². The number of halogens is 1. The van der Waals surface area contributed by atoms with Gasteiger partial charge in [0.1, 0.15) is 6.07 Å². The third kappa shape index (κ3) is 3.59. The first kappa shape index (κ1) is 14.9. The number of nitriles is 1. The Balaban J connectivity index is 1.59. The van der Waals surface area contributed by atoms with E-state index in [0.717, 1.165) is 34.7 Å². The van der Waals surface area contributed by atoms with Crippen LogP contribution < -0.4 is 4.90 Å². The summed E-state index contributed by atoms with van der Waals surface area (Å²) in [5, 5.41) is 9.31. The van der Waals surface area contributed by atoms with Gasteiger partial charge in [0.05, 0.1) is 11.3 Å². The maximum absolute atomic E-state index is 9.31. The molecule has 0 radical (unpaired) electrons. The van der Waals surface area contributed by atoms with Gasteiger partial charge in [0.25, 0.3) is 0 Å². The quantitative estimate of drug-likeness (QED) is 0.836. The molecule has 0 aromatic heterocycles. The summed E-state index contributed by atoms with van der Waals surface area (Å²) in [5.74, 6) is 0.834. The van der Waals surface area contributed by atoms with Gasteiger partial charge in [0, 0.05) is 24.1 Å². The zero-order valence-corrected chi connectivity index (χ0v) is 14.0. The van der Waals surface area contributed by atoms with Crippen LogP contribution in [0.5, 0.6) is 0 Å². The largest absolute Gasteiger partial charge is 0.370 e. The lowest BCUT2D eigenvalue weighted by molar-refractivity contribution is 0.249. The number of rotatable bonds is 3. The van der Waals surface area contributed by atoms with E-state index in [0.29, 0.717) is 0 Å². The van der Waals surface area contributed by atoms with Crippen molar-refractivity contribution in [3.63, 3.8) is 0 Å². The van der Waals surface area contributed by atoms with E-state index >= 15 is 0 Å². The van der Waals surface area contributed by atoms with Crippen LogP contribution in [0.2, 0.25) is 0 Å². The van der Waals surface area contributed by atoms with Crippen molar-refractivity contribution >= 4 is 21.6 Å². The van der Waals surface area contributed by atoms with Gasteiger partial charge in [0.2, 0.25) is 0 Å². The molecule has 1 aromatic rings. The molecule has 2 aliphatic heterocycles. The molecule has 2 heterocycles. The molecule has 2 fully saturated rings. The zero-order valence-electron chi connectivity index (χ0n) is 12.4. The summed E-state index contributed by atoms with van der Waals surface area (Å²) in [6.07, 6.45) is 5.25. The summed E-state index contributed by atoms with van der Waals surface area (Å²) in [4.78, 5) is 5.01. The maximum Gasteiger partial charge on any atom is 0.101 e. The SMILES string of the molecule is N#Cc1cc(Br)ccc1N1CCC(CN2CCCC2)CC1. The summed E-state index contributed by atoms with van der Waals surface area (Å²) in [7, 11) is 0. The fourth-order valence-corrected chi connectivity index (χ4v) is 3.92. The highest BCUT2D eigenvalue weighted by molar-refractivity contribution is 9.10. The van der Waals surface area contributed by atoms with Crippen molar-refractivity contribution < 1.29 is 0 Å². The van der Waals surface area contributed by atoms with E-state index in [1.165, 1.54) is 45.3 Å². The average molecular weight is 348 g/mol. The van der Waals surface area contributed by atoms with Crippen LogP contribution in [0.4, 0.5) is 5.69 Å². The van der Waals surface area contributed by atoms with Crippen molar-refractivity contribution in [1.82, 2.24) is 4.90 Å². The van der Waals surface area contributed by atoms with Crippen molar-refractivity contribution in [2.45, 2.75) is 25.7 Å². The summed E-state index contributed by atoms with van der Waals surface area (Å²) < 4.78 is 0.978. The number of piperidine rings is 1. The van der Waals surface area contributed by atoms with Crippen LogP contribution in [-0.4, -0.2) is 37.6 Å². The predicted octanol–water partition coefficient (Wildman–Crippen LogP) is 3.63. The minimum absolute atomic E-state index is 0.780. The fraction of sp³-hybridized carbons (Fsp3) is 0.588. The van der Waals surface area contributed by atoms with E-state index in [9.17, 15) is 5.26 Å². The molecule has 3 nitrogen and oxygen atoms in total. The first-order chi connectivity index (χ1) is 10.3. The Bertz CT molecular complexity index is 523. The molecule has 0 unspecified atom stereocenters. The Kier molecular flexibility index (Phi) is 4.82. The molecular formula is C17H22BrN3. The minimum Gasteiger partial charge on any atom is -0.370 e. The summed E-state index contributed by atoms with van der Waals surface area (Å²) >= 11 is 3.44. The number of benzene rings is 1. The van der Waals surface area contributed by atoms with Crippen molar-refractivity contribution in [1.29, 1.82) is 5.26 Å². The first-order valence-corrected chi connectivity index (χ1v) is 8.72. The number of nitrogens with zero attached hydrogens (tertiary/aromatic N) is 3. The molecule has 0 atom stereocenters. The standard InChI is InChI=1S/C17H22BrN3/c18-16-3-4-17(15(11-16)12-19)21-9-5-14(6-10-21)13-20-7-1-2-8-20/h3-4,11,14H,1-2,5-10,13H2. The molecule has 0 aliphatic carbocycles. The highest BCUT2D eigenvalue weighted by Crippen LogP contribution is 2.29. The van der Waals surface area contributed by atoms with Gasteiger partial charge in [-0.05, 0) is 62.9 Å². The normalized spacial score (nSPS) is 20.7. The van der Waals surface area contributed by atoms with Gasteiger partial charge in [-0.15, -0.1) is 0 Å². The number of likely N-dealkylation sites (tertiary alicyclic amines) is 1. The molecule has 0 saturated carbocycles. The van der Waals surface area contributed by atoms with Crippen molar-refractivity contribution in [2.24, 2.45) is 5.92 Å². The molecule has 1 aromatic carbocycles. The minimum atomic E-state index is 0.780. The second-order valence-corrected chi connectivity index (χ2v) is 7.13. The van der Waals surface area contributed by atoms with Crippen LogP contribution in [0, 0.1) is 17.2 Å². The van der Waals surface area contributed by atoms with E-state index in [1.54, 1.807) is 0 Å². The van der Waals surface area contributed by atoms with E-state index in [4.69, 9.17) is 0 Å². The molecule has 2 aliphatic rings. The van der Waals surface area contributed by atoms with Crippen LogP contribution >= 0.6 is 15.9 Å². The predicted molar refractivity (Wildman–Crippen MR) is 89.5 cm³/mol. The molecule has 0 bridgehead atoms. The molecule has 0 amide bonds. The second kappa shape index (κ2) is 6.81. The third-order valence-electron chi connectivity index (χ3n) is 4.75. The van der Waals surface area contributed by atoms with E-state index < -0.39 is 0 Å². The highest BCUT2D eigenvalue weighted by atomic mass is 79.9. The number of hydrogen-bond acceptors (Lipinski definition) is 3. The van der Waals surface area contributed by atoms with Gasteiger partial charge in [-0.3, -0.25) is 0 Å². The van der Waals surface area contributed by atoms with Crippen molar-refractivity contribution in [3.8, 4) is 6.07 Å². The summed E-state index contributed by atoms with van der Waals surface area (Å²) in [6, 6.07) is 8.35. The Labute approximate surface area is 135 Å². The average Bonchev–Trinajstić information content (AvgIpc) is 3.01. The molecule has 3 rings (SSSR count). The molecule has 4 heteroatoms. The van der Waals surface area contributed by atoms with Gasteiger partial charge >= 0.3 is 0 Å². The first-order valence-electron chi connectivity index (χ1n) is 7.93. The Morgan fingerprint density at radius 3 is 2.52 bits per heavy atom. The third-order valence-corrected chi connectivity index (χ3v) is 5.24. The molecule has 112 valence electrons. The number of hydrogen-bond donors (Lipinski definition) is 0. The molecular weight excluding hydrogens is 326 g/mol. The van der Waals surface area contributed by atoms with Gasteiger partial charge in [0.15, 0.2) is 0 Å². The summed E-state index contributed by atoms with van der Waals surface area (Å²) in [6.45, 7) is 6.03. The molecule has 2 saturated heterocycles. The van der Waals surface area contributed by atoms with Gasteiger partial charge in [-0.1, -0.05) is 15.9 Å². The van der Waals surface area contributed by atoms with Gasteiger partial charge in [-0.25, -0.2) is 0 Å². The smallest absolute Gasteiger partial charge is 0.101 e. The van der Waals surface area contributed by atoms with Crippen LogP contribution in [0.1, 0.15) is 31.2 Å². The Morgan fingerprint density at radius 2 is 1.86 bits per heavy atom.